The van der Waals surface area contributed by atoms with Crippen molar-refractivity contribution in [1.82, 2.24) is 0 Å². The molecule has 0 bridgehead atoms. The summed E-state index contributed by atoms with van der Waals surface area (Å²) in [6.07, 6.45) is 2.13. The third kappa shape index (κ3) is 3.47. The van der Waals surface area contributed by atoms with Gasteiger partial charge in [-0.2, -0.15) is 11.2 Å². The van der Waals surface area contributed by atoms with E-state index in [0.29, 0.717) is 5.04 Å². The van der Waals surface area contributed by atoms with E-state index in [1.54, 1.807) is 0 Å². The van der Waals surface area contributed by atoms with Crippen LogP contribution in [0.5, 0.6) is 0 Å². The molecule has 0 rings (SSSR count). The highest BCUT2D eigenvalue weighted by atomic mass is 32.4. The molecular weight excluding hydrogens is 168 g/mol. The topological polar surface area (TPSA) is 0 Å². The second-order valence-electron chi connectivity index (χ2n) is 4.35. The SMILES string of the molecule is C/C=C/S[Si](C)(C)C(C)(C)C. The van der Waals surface area contributed by atoms with E-state index in [9.17, 15) is 0 Å². The van der Waals surface area contributed by atoms with Gasteiger partial charge in [0.1, 0.15) is 7.22 Å². The standard InChI is InChI=1S/C9H20SSi/c1-7-8-10-11(5,6)9(2,3)4/h7-8H,1-6H3/b8-7+. The molecule has 0 nitrogen and oxygen atoms in total. The molecular formula is C9H20SSi. The van der Waals surface area contributed by atoms with Crippen molar-refractivity contribution < 1.29 is 0 Å². The summed E-state index contributed by atoms with van der Waals surface area (Å²) in [6, 6.07) is 0. The molecule has 11 heavy (non-hydrogen) atoms. The van der Waals surface area contributed by atoms with Gasteiger partial charge in [-0.05, 0) is 17.4 Å². The summed E-state index contributed by atoms with van der Waals surface area (Å²) in [5.74, 6) is 0. The minimum absolute atomic E-state index is 0.497. The molecule has 0 fully saturated rings. The summed E-state index contributed by atoms with van der Waals surface area (Å²) in [4.78, 5) is 0. The van der Waals surface area contributed by atoms with Crippen molar-refractivity contribution >= 4 is 18.4 Å². The van der Waals surface area contributed by atoms with Crippen molar-refractivity contribution in [3.63, 3.8) is 0 Å². The van der Waals surface area contributed by atoms with Crippen molar-refractivity contribution in [2.24, 2.45) is 0 Å². The van der Waals surface area contributed by atoms with Gasteiger partial charge >= 0.3 is 0 Å². The van der Waals surface area contributed by atoms with Crippen LogP contribution in [0.15, 0.2) is 11.5 Å². The van der Waals surface area contributed by atoms with Crippen LogP contribution in [0.2, 0.25) is 18.1 Å². The third-order valence-corrected chi connectivity index (χ3v) is 10.9. The maximum absolute atomic E-state index is 2.43. The largest absolute Gasteiger partial charge is 0.159 e. The fourth-order valence-corrected chi connectivity index (χ4v) is 3.73. The van der Waals surface area contributed by atoms with E-state index in [1.807, 2.05) is 11.2 Å². The smallest absolute Gasteiger partial charge is 0.122 e. The van der Waals surface area contributed by atoms with E-state index in [4.69, 9.17) is 0 Å². The van der Waals surface area contributed by atoms with Crippen LogP contribution in [0.25, 0.3) is 0 Å². The molecule has 0 saturated heterocycles. The Hall–Kier alpha value is 0.307. The zero-order valence-electron chi connectivity index (χ0n) is 8.56. The minimum Gasteiger partial charge on any atom is -0.159 e. The van der Waals surface area contributed by atoms with Gasteiger partial charge in [-0.3, -0.25) is 0 Å². The van der Waals surface area contributed by atoms with E-state index in [2.05, 4.69) is 52.3 Å². The molecule has 0 amide bonds. The van der Waals surface area contributed by atoms with Crippen LogP contribution < -0.4 is 0 Å². The zero-order chi connectivity index (χ0) is 9.12. The van der Waals surface area contributed by atoms with Crippen LogP contribution in [0.4, 0.5) is 0 Å². The minimum atomic E-state index is -1.10. The Balaban J connectivity index is 4.22. The fourth-order valence-electron chi connectivity index (χ4n) is 0.415. The van der Waals surface area contributed by atoms with E-state index in [-0.39, 0.29) is 0 Å². The van der Waals surface area contributed by atoms with Crippen LogP contribution in [0, 0.1) is 0 Å². The van der Waals surface area contributed by atoms with Crippen LogP contribution in [-0.4, -0.2) is 7.22 Å². The Morgan fingerprint density at radius 2 is 1.64 bits per heavy atom. The highest BCUT2D eigenvalue weighted by Crippen LogP contribution is 2.43. The van der Waals surface area contributed by atoms with Gasteiger partial charge in [-0.1, -0.05) is 39.9 Å². The number of allylic oxidation sites excluding steroid dienone is 1. The molecule has 0 unspecified atom stereocenters. The van der Waals surface area contributed by atoms with Crippen molar-refractivity contribution in [2.75, 3.05) is 0 Å². The first kappa shape index (κ1) is 11.3. The average Bonchev–Trinajstić information content (AvgIpc) is 1.81. The molecule has 0 aromatic heterocycles. The lowest BCUT2D eigenvalue weighted by molar-refractivity contribution is 0.737. The molecule has 0 N–H and O–H groups in total. The number of hydrogen-bond acceptors (Lipinski definition) is 1. The quantitative estimate of drug-likeness (QED) is 0.584. The van der Waals surface area contributed by atoms with Crippen LogP contribution in [0.1, 0.15) is 27.7 Å². The molecule has 2 heteroatoms. The number of rotatable bonds is 2. The molecule has 0 aromatic carbocycles. The Bertz CT molecular complexity index is 142. The van der Waals surface area contributed by atoms with Gasteiger partial charge in [-0.15, -0.1) is 0 Å². The maximum atomic E-state index is 2.43. The van der Waals surface area contributed by atoms with Gasteiger partial charge in [0.25, 0.3) is 0 Å². The van der Waals surface area contributed by atoms with Gasteiger partial charge in [0.05, 0.1) is 0 Å². The predicted octanol–water partition coefficient (Wildman–Crippen LogP) is 4.26. The first-order valence-electron chi connectivity index (χ1n) is 4.10. The van der Waals surface area contributed by atoms with E-state index in [1.165, 1.54) is 0 Å². The summed E-state index contributed by atoms with van der Waals surface area (Å²) in [7, 11) is -1.10. The fraction of sp³-hybridized carbons (Fsp3) is 0.778. The second-order valence-corrected chi connectivity index (χ2v) is 13.1. The van der Waals surface area contributed by atoms with E-state index >= 15 is 0 Å². The molecule has 0 heterocycles. The molecule has 0 aromatic rings. The summed E-state index contributed by atoms with van der Waals surface area (Å²) in [5.41, 5.74) is 0. The molecule has 0 aliphatic rings. The second kappa shape index (κ2) is 3.81. The molecule has 0 aliphatic heterocycles. The molecule has 0 atom stereocenters. The van der Waals surface area contributed by atoms with Crippen LogP contribution >= 0.6 is 11.2 Å². The summed E-state index contributed by atoms with van der Waals surface area (Å²) < 4.78 is 0. The highest BCUT2D eigenvalue weighted by molar-refractivity contribution is 8.31. The van der Waals surface area contributed by atoms with Gasteiger partial charge in [0.2, 0.25) is 0 Å². The van der Waals surface area contributed by atoms with Crippen molar-refractivity contribution in [1.29, 1.82) is 0 Å². The van der Waals surface area contributed by atoms with Crippen LogP contribution in [-0.2, 0) is 0 Å². The summed E-state index contributed by atoms with van der Waals surface area (Å²) in [5, 5.41) is 2.73. The lowest BCUT2D eigenvalue weighted by Gasteiger charge is -2.34. The normalized spacial score (nSPS) is 14.4. The summed E-state index contributed by atoms with van der Waals surface area (Å²) in [6.45, 7) is 14.0. The Kier molecular flexibility index (Phi) is 3.92. The van der Waals surface area contributed by atoms with Gasteiger partial charge in [0.15, 0.2) is 0 Å². The summed E-state index contributed by atoms with van der Waals surface area (Å²) >= 11 is 2.04. The Morgan fingerprint density at radius 3 is 1.91 bits per heavy atom. The molecule has 0 radical (unpaired) electrons. The lowest BCUT2D eigenvalue weighted by atomic mass is 10.2. The molecule has 66 valence electrons. The molecule has 0 aliphatic carbocycles. The highest BCUT2D eigenvalue weighted by Gasteiger charge is 2.34. The Labute approximate surface area is 76.1 Å². The van der Waals surface area contributed by atoms with Crippen molar-refractivity contribution in [3.8, 4) is 0 Å². The van der Waals surface area contributed by atoms with Gasteiger partial charge < -0.3 is 0 Å². The Morgan fingerprint density at radius 1 is 1.18 bits per heavy atom. The maximum Gasteiger partial charge on any atom is 0.122 e. The van der Waals surface area contributed by atoms with Crippen LogP contribution in [0.3, 0.4) is 0 Å². The lowest BCUT2D eigenvalue weighted by Crippen LogP contribution is -2.32. The van der Waals surface area contributed by atoms with Gasteiger partial charge in [-0.25, -0.2) is 0 Å². The monoisotopic (exact) mass is 188 g/mol. The zero-order valence-corrected chi connectivity index (χ0v) is 10.4. The predicted molar refractivity (Wildman–Crippen MR) is 59.6 cm³/mol. The molecule has 0 saturated carbocycles. The first-order chi connectivity index (χ1) is 4.81. The van der Waals surface area contributed by atoms with E-state index < -0.39 is 7.22 Å². The average molecular weight is 188 g/mol. The first-order valence-corrected chi connectivity index (χ1v) is 8.70. The molecule has 0 spiro atoms. The van der Waals surface area contributed by atoms with Crippen molar-refractivity contribution in [2.45, 2.75) is 45.8 Å². The number of hydrogen-bond donors (Lipinski definition) is 0. The van der Waals surface area contributed by atoms with E-state index in [0.717, 1.165) is 0 Å². The third-order valence-electron chi connectivity index (χ3n) is 2.30. The van der Waals surface area contributed by atoms with Gasteiger partial charge in [0, 0.05) is 0 Å². The van der Waals surface area contributed by atoms with Crippen molar-refractivity contribution in [3.05, 3.63) is 11.5 Å².